The molecule has 114 valence electrons. The van der Waals surface area contributed by atoms with E-state index in [0.717, 1.165) is 24.8 Å². The van der Waals surface area contributed by atoms with Crippen LogP contribution < -0.4 is 5.32 Å². The van der Waals surface area contributed by atoms with Gasteiger partial charge >= 0.3 is 12.0 Å². The van der Waals surface area contributed by atoms with E-state index in [1.165, 1.54) is 31.4 Å². The van der Waals surface area contributed by atoms with Gasteiger partial charge in [-0.1, -0.05) is 24.3 Å². The Morgan fingerprint density at radius 2 is 2.00 bits per heavy atom. The van der Waals surface area contributed by atoms with Gasteiger partial charge in [-0.15, -0.1) is 0 Å². The SMILES string of the molecule is CN(C(=O)NC1CCCc2ccccc21)C(C)(C)C(=O)O. The highest BCUT2D eigenvalue weighted by atomic mass is 16.4. The summed E-state index contributed by atoms with van der Waals surface area (Å²) in [4.78, 5) is 24.8. The molecule has 0 saturated heterocycles. The van der Waals surface area contributed by atoms with Crippen LogP contribution in [0.1, 0.15) is 43.9 Å². The lowest BCUT2D eigenvalue weighted by Crippen LogP contribution is -2.54. The molecule has 0 fully saturated rings. The van der Waals surface area contributed by atoms with E-state index in [1.54, 1.807) is 0 Å². The third-order valence-electron chi connectivity index (χ3n) is 4.33. The number of carboxylic acid groups (broad SMARTS) is 1. The Balaban J connectivity index is 2.13. The second-order valence-electron chi connectivity index (χ2n) is 6.02. The molecule has 2 rings (SSSR count). The zero-order chi connectivity index (χ0) is 15.6. The number of likely N-dealkylation sites (N-methyl/N-ethyl adjacent to an activating group) is 1. The van der Waals surface area contributed by atoms with E-state index in [9.17, 15) is 14.7 Å². The van der Waals surface area contributed by atoms with Gasteiger partial charge in [0.25, 0.3) is 0 Å². The third-order valence-corrected chi connectivity index (χ3v) is 4.33. The molecule has 1 aliphatic carbocycles. The van der Waals surface area contributed by atoms with Crippen LogP contribution in [0.3, 0.4) is 0 Å². The van der Waals surface area contributed by atoms with Crippen LogP contribution in [0.25, 0.3) is 0 Å². The lowest BCUT2D eigenvalue weighted by atomic mass is 9.88. The van der Waals surface area contributed by atoms with E-state index < -0.39 is 11.5 Å². The quantitative estimate of drug-likeness (QED) is 0.899. The lowest BCUT2D eigenvalue weighted by molar-refractivity contribution is -0.146. The summed E-state index contributed by atoms with van der Waals surface area (Å²) >= 11 is 0. The number of nitrogens with one attached hydrogen (secondary N) is 1. The summed E-state index contributed by atoms with van der Waals surface area (Å²) in [6, 6.07) is 7.68. The Kier molecular flexibility index (Phi) is 4.21. The number of rotatable bonds is 3. The van der Waals surface area contributed by atoms with Gasteiger partial charge in [0.2, 0.25) is 0 Å². The van der Waals surface area contributed by atoms with Crippen LogP contribution in [0.5, 0.6) is 0 Å². The van der Waals surface area contributed by atoms with Gasteiger partial charge in [-0.05, 0) is 44.2 Å². The molecule has 1 aromatic carbocycles. The molecule has 0 spiro atoms. The zero-order valence-corrected chi connectivity index (χ0v) is 12.7. The Morgan fingerprint density at radius 3 is 2.67 bits per heavy atom. The van der Waals surface area contributed by atoms with Crippen LogP contribution >= 0.6 is 0 Å². The largest absolute Gasteiger partial charge is 0.480 e. The fraction of sp³-hybridized carbons (Fsp3) is 0.500. The Labute approximate surface area is 125 Å². The van der Waals surface area contributed by atoms with Gasteiger partial charge in [-0.2, -0.15) is 0 Å². The second-order valence-corrected chi connectivity index (χ2v) is 6.02. The molecular weight excluding hydrogens is 268 g/mol. The molecule has 0 bridgehead atoms. The van der Waals surface area contributed by atoms with Gasteiger partial charge in [0.15, 0.2) is 0 Å². The summed E-state index contributed by atoms with van der Waals surface area (Å²) in [5.74, 6) is -1.02. The third kappa shape index (κ3) is 3.01. The number of aliphatic carboxylic acids is 1. The number of hydrogen-bond acceptors (Lipinski definition) is 2. The number of hydrogen-bond donors (Lipinski definition) is 2. The number of carbonyl (C=O) groups excluding carboxylic acids is 1. The molecule has 0 radical (unpaired) electrons. The summed E-state index contributed by atoms with van der Waals surface area (Å²) in [5, 5.41) is 12.2. The smallest absolute Gasteiger partial charge is 0.329 e. The summed E-state index contributed by atoms with van der Waals surface area (Å²) in [6.45, 7) is 3.04. The normalized spacial score (nSPS) is 17.8. The van der Waals surface area contributed by atoms with Crippen molar-refractivity contribution < 1.29 is 14.7 Å². The van der Waals surface area contributed by atoms with Gasteiger partial charge in [0.1, 0.15) is 5.54 Å². The number of nitrogens with zero attached hydrogens (tertiary/aromatic N) is 1. The predicted octanol–water partition coefficient (Wildman–Crippen LogP) is 2.57. The highest BCUT2D eigenvalue weighted by molar-refractivity contribution is 5.85. The fourth-order valence-electron chi connectivity index (χ4n) is 2.55. The highest BCUT2D eigenvalue weighted by Crippen LogP contribution is 2.29. The zero-order valence-electron chi connectivity index (χ0n) is 12.7. The minimum Gasteiger partial charge on any atom is -0.480 e. The highest BCUT2D eigenvalue weighted by Gasteiger charge is 2.36. The van der Waals surface area contributed by atoms with Crippen LogP contribution in [-0.4, -0.2) is 34.6 Å². The molecule has 2 amide bonds. The van der Waals surface area contributed by atoms with Crippen molar-refractivity contribution in [1.82, 2.24) is 10.2 Å². The van der Waals surface area contributed by atoms with Crippen LogP contribution in [-0.2, 0) is 11.2 Å². The molecule has 1 atom stereocenters. The molecule has 1 aromatic rings. The monoisotopic (exact) mass is 290 g/mol. The Morgan fingerprint density at radius 1 is 1.33 bits per heavy atom. The average Bonchev–Trinajstić information content (AvgIpc) is 2.46. The van der Waals surface area contributed by atoms with Crippen LogP contribution in [0, 0.1) is 0 Å². The first-order valence-corrected chi connectivity index (χ1v) is 7.19. The number of aryl methyl sites for hydroxylation is 1. The molecule has 0 saturated carbocycles. The number of amides is 2. The Hall–Kier alpha value is -2.04. The van der Waals surface area contributed by atoms with Crippen LogP contribution in [0.4, 0.5) is 4.79 Å². The molecular formula is C16H22N2O3. The predicted molar refractivity (Wildman–Crippen MR) is 80.1 cm³/mol. The van der Waals surface area contributed by atoms with Crippen molar-refractivity contribution in [3.8, 4) is 0 Å². The van der Waals surface area contributed by atoms with Gasteiger partial charge in [-0.25, -0.2) is 9.59 Å². The molecule has 0 heterocycles. The standard InChI is InChI=1S/C16H22N2O3/c1-16(2,14(19)20)18(3)15(21)17-13-10-6-8-11-7-4-5-9-12(11)13/h4-5,7,9,13H,6,8,10H2,1-3H3,(H,17,21)(H,19,20). The van der Waals surface area contributed by atoms with Gasteiger partial charge in [-0.3, -0.25) is 0 Å². The van der Waals surface area contributed by atoms with E-state index in [1.807, 2.05) is 18.2 Å². The van der Waals surface area contributed by atoms with Crippen molar-refractivity contribution in [2.24, 2.45) is 0 Å². The number of carbonyl (C=O) groups is 2. The Bertz CT molecular complexity index is 554. The summed E-state index contributed by atoms with van der Waals surface area (Å²) in [5.41, 5.74) is 1.16. The van der Waals surface area contributed by atoms with E-state index in [0.29, 0.717) is 0 Å². The molecule has 1 unspecified atom stereocenters. The lowest BCUT2D eigenvalue weighted by Gasteiger charge is -2.34. The van der Waals surface area contributed by atoms with E-state index in [2.05, 4.69) is 11.4 Å². The van der Waals surface area contributed by atoms with E-state index >= 15 is 0 Å². The van der Waals surface area contributed by atoms with Crippen molar-refractivity contribution in [1.29, 1.82) is 0 Å². The number of benzene rings is 1. The van der Waals surface area contributed by atoms with Crippen molar-refractivity contribution in [3.63, 3.8) is 0 Å². The molecule has 5 nitrogen and oxygen atoms in total. The molecule has 0 aromatic heterocycles. The maximum atomic E-state index is 12.3. The first-order chi connectivity index (χ1) is 9.84. The van der Waals surface area contributed by atoms with Crippen molar-refractivity contribution in [2.45, 2.75) is 44.7 Å². The van der Waals surface area contributed by atoms with Crippen molar-refractivity contribution in [2.75, 3.05) is 7.05 Å². The fourth-order valence-corrected chi connectivity index (χ4v) is 2.55. The average molecular weight is 290 g/mol. The first-order valence-electron chi connectivity index (χ1n) is 7.19. The van der Waals surface area contributed by atoms with E-state index in [4.69, 9.17) is 0 Å². The molecule has 1 aliphatic rings. The second kappa shape index (κ2) is 5.76. The minimum absolute atomic E-state index is 0.0468. The minimum atomic E-state index is -1.24. The van der Waals surface area contributed by atoms with Crippen molar-refractivity contribution in [3.05, 3.63) is 35.4 Å². The maximum Gasteiger partial charge on any atom is 0.329 e. The van der Waals surface area contributed by atoms with E-state index in [-0.39, 0.29) is 12.1 Å². The van der Waals surface area contributed by atoms with Gasteiger partial charge in [0, 0.05) is 7.05 Å². The number of carboxylic acids is 1. The molecule has 2 N–H and O–H groups in total. The molecule has 5 heteroatoms. The summed E-state index contributed by atoms with van der Waals surface area (Å²) < 4.78 is 0. The molecule has 21 heavy (non-hydrogen) atoms. The molecule has 0 aliphatic heterocycles. The number of fused-ring (bicyclic) bond motifs is 1. The van der Waals surface area contributed by atoms with Crippen molar-refractivity contribution >= 4 is 12.0 Å². The number of urea groups is 1. The first kappa shape index (κ1) is 15.4. The maximum absolute atomic E-state index is 12.3. The topological polar surface area (TPSA) is 69.6 Å². The van der Waals surface area contributed by atoms with Gasteiger partial charge < -0.3 is 15.3 Å². The van der Waals surface area contributed by atoms with Crippen LogP contribution in [0.2, 0.25) is 0 Å². The summed E-state index contributed by atoms with van der Waals surface area (Å²) in [7, 11) is 1.51. The van der Waals surface area contributed by atoms with Gasteiger partial charge in [0.05, 0.1) is 6.04 Å². The summed E-state index contributed by atoms with van der Waals surface area (Å²) in [6.07, 6.45) is 2.93. The van der Waals surface area contributed by atoms with Crippen LogP contribution in [0.15, 0.2) is 24.3 Å².